The third-order valence-corrected chi connectivity index (χ3v) is 5.67. The zero-order valence-corrected chi connectivity index (χ0v) is 14.2. The fourth-order valence-electron chi connectivity index (χ4n) is 1.57. The van der Waals surface area contributed by atoms with E-state index in [1.807, 2.05) is 13.0 Å². The highest BCUT2D eigenvalue weighted by molar-refractivity contribution is 9.10. The predicted octanol–water partition coefficient (Wildman–Crippen LogP) is 4.87. The maximum absolute atomic E-state index is 12.3. The Morgan fingerprint density at radius 3 is 2.45 bits per heavy atom. The van der Waals surface area contributed by atoms with Gasteiger partial charge in [0.25, 0.3) is 10.0 Å². The summed E-state index contributed by atoms with van der Waals surface area (Å²) >= 11 is 15.0. The van der Waals surface area contributed by atoms with Crippen molar-refractivity contribution in [2.75, 3.05) is 4.72 Å². The standard InChI is InChI=1S/C13H10BrCl2NO2S/c1-8-10(14)3-2-4-13(8)17-20(18,19)9-5-6-11(15)12(16)7-9/h2-7,17H,1H3. The van der Waals surface area contributed by atoms with Crippen LogP contribution in [0.2, 0.25) is 10.0 Å². The molecule has 0 heterocycles. The molecule has 2 rings (SSSR count). The maximum Gasteiger partial charge on any atom is 0.261 e. The van der Waals surface area contributed by atoms with E-state index in [0.717, 1.165) is 10.0 Å². The summed E-state index contributed by atoms with van der Waals surface area (Å²) in [6.07, 6.45) is 0. The average molecular weight is 395 g/mol. The number of hydrogen-bond donors (Lipinski definition) is 1. The largest absolute Gasteiger partial charge is 0.279 e. The first kappa shape index (κ1) is 15.6. The second kappa shape index (κ2) is 5.93. The van der Waals surface area contributed by atoms with Gasteiger partial charge in [0.1, 0.15) is 0 Å². The third-order valence-electron chi connectivity index (χ3n) is 2.71. The molecule has 0 saturated heterocycles. The number of hydrogen-bond acceptors (Lipinski definition) is 2. The number of benzene rings is 2. The van der Waals surface area contributed by atoms with Crippen LogP contribution in [0.25, 0.3) is 0 Å². The van der Waals surface area contributed by atoms with E-state index in [4.69, 9.17) is 23.2 Å². The minimum Gasteiger partial charge on any atom is -0.279 e. The highest BCUT2D eigenvalue weighted by Gasteiger charge is 2.17. The van der Waals surface area contributed by atoms with Crippen molar-refractivity contribution in [3.63, 3.8) is 0 Å². The van der Waals surface area contributed by atoms with E-state index in [9.17, 15) is 8.42 Å². The molecule has 106 valence electrons. The molecule has 0 unspecified atom stereocenters. The first-order chi connectivity index (χ1) is 9.31. The van der Waals surface area contributed by atoms with Gasteiger partial charge >= 0.3 is 0 Å². The van der Waals surface area contributed by atoms with Crippen LogP contribution in [0.4, 0.5) is 5.69 Å². The Kier molecular flexibility index (Phi) is 4.64. The molecule has 0 atom stereocenters. The summed E-state index contributed by atoms with van der Waals surface area (Å²) in [7, 11) is -3.71. The summed E-state index contributed by atoms with van der Waals surface area (Å²) in [5, 5.41) is 0.504. The fourth-order valence-corrected chi connectivity index (χ4v) is 3.44. The van der Waals surface area contributed by atoms with Gasteiger partial charge in [0.05, 0.1) is 20.6 Å². The third kappa shape index (κ3) is 3.28. The molecule has 3 nitrogen and oxygen atoms in total. The van der Waals surface area contributed by atoms with Gasteiger partial charge in [-0.25, -0.2) is 8.42 Å². The van der Waals surface area contributed by atoms with Crippen LogP contribution in [-0.2, 0) is 10.0 Å². The molecule has 7 heteroatoms. The highest BCUT2D eigenvalue weighted by atomic mass is 79.9. The average Bonchev–Trinajstić information content (AvgIpc) is 2.38. The molecular formula is C13H10BrCl2NO2S. The highest BCUT2D eigenvalue weighted by Crippen LogP contribution is 2.28. The molecule has 0 aliphatic heterocycles. The Balaban J connectivity index is 2.41. The number of halogens is 3. The van der Waals surface area contributed by atoms with Gasteiger partial charge in [-0.3, -0.25) is 4.72 Å². The molecule has 1 N–H and O–H groups in total. The first-order valence-corrected chi connectivity index (χ1v) is 8.57. The fraction of sp³-hybridized carbons (Fsp3) is 0.0769. The Morgan fingerprint density at radius 2 is 1.80 bits per heavy atom. The molecule has 0 aliphatic carbocycles. The minimum atomic E-state index is -3.71. The van der Waals surface area contributed by atoms with Crippen LogP contribution in [0, 0.1) is 6.92 Å². The van der Waals surface area contributed by atoms with Crippen LogP contribution in [0.5, 0.6) is 0 Å². The first-order valence-electron chi connectivity index (χ1n) is 5.54. The lowest BCUT2D eigenvalue weighted by molar-refractivity contribution is 0.601. The van der Waals surface area contributed by atoms with Gasteiger partial charge in [0.2, 0.25) is 0 Å². The van der Waals surface area contributed by atoms with Gasteiger partial charge in [-0.1, -0.05) is 45.2 Å². The van der Waals surface area contributed by atoms with Crippen LogP contribution < -0.4 is 4.72 Å². The number of nitrogens with one attached hydrogen (secondary N) is 1. The van der Waals surface area contributed by atoms with Gasteiger partial charge in [-0.05, 0) is 42.8 Å². The molecule has 20 heavy (non-hydrogen) atoms. The van der Waals surface area contributed by atoms with Gasteiger partial charge < -0.3 is 0 Å². The lowest BCUT2D eigenvalue weighted by Crippen LogP contribution is -2.13. The number of sulfonamides is 1. The Hall–Kier alpha value is -0.750. The zero-order valence-electron chi connectivity index (χ0n) is 10.3. The van der Waals surface area contributed by atoms with Crippen molar-refractivity contribution in [2.24, 2.45) is 0 Å². The molecule has 0 amide bonds. The van der Waals surface area contributed by atoms with Gasteiger partial charge in [-0.2, -0.15) is 0 Å². The van der Waals surface area contributed by atoms with Crippen molar-refractivity contribution in [3.8, 4) is 0 Å². The van der Waals surface area contributed by atoms with Crippen LogP contribution in [-0.4, -0.2) is 8.42 Å². The quantitative estimate of drug-likeness (QED) is 0.807. The molecule has 0 radical (unpaired) electrons. The monoisotopic (exact) mass is 393 g/mol. The van der Waals surface area contributed by atoms with E-state index in [0.29, 0.717) is 10.7 Å². The molecule has 0 bridgehead atoms. The molecular weight excluding hydrogens is 385 g/mol. The minimum absolute atomic E-state index is 0.0614. The summed E-state index contributed by atoms with van der Waals surface area (Å²) in [6, 6.07) is 9.46. The summed E-state index contributed by atoms with van der Waals surface area (Å²) in [4.78, 5) is 0.0614. The normalized spacial score (nSPS) is 11.4. The number of anilines is 1. The van der Waals surface area contributed by atoms with Crippen molar-refractivity contribution in [3.05, 3.63) is 56.5 Å². The second-order valence-corrected chi connectivity index (χ2v) is 7.44. The maximum atomic E-state index is 12.3. The van der Waals surface area contributed by atoms with Gasteiger partial charge in [0.15, 0.2) is 0 Å². The molecule has 0 aromatic heterocycles. The summed E-state index contributed by atoms with van der Waals surface area (Å²) in [6.45, 7) is 1.82. The van der Waals surface area contributed by atoms with Crippen molar-refractivity contribution in [1.82, 2.24) is 0 Å². The Bertz CT molecular complexity index is 763. The lowest BCUT2D eigenvalue weighted by atomic mass is 10.2. The van der Waals surface area contributed by atoms with Crippen LogP contribution in [0.15, 0.2) is 45.8 Å². The Morgan fingerprint density at radius 1 is 1.10 bits per heavy atom. The van der Waals surface area contributed by atoms with Crippen molar-refractivity contribution >= 4 is 54.8 Å². The van der Waals surface area contributed by atoms with E-state index < -0.39 is 10.0 Å². The Labute approximate surface area is 136 Å². The van der Waals surface area contributed by atoms with E-state index >= 15 is 0 Å². The zero-order chi connectivity index (χ0) is 14.9. The van der Waals surface area contributed by atoms with Crippen LogP contribution in [0.3, 0.4) is 0 Å². The predicted molar refractivity (Wildman–Crippen MR) is 86.1 cm³/mol. The molecule has 0 fully saturated rings. The molecule has 0 spiro atoms. The lowest BCUT2D eigenvalue weighted by Gasteiger charge is -2.12. The van der Waals surface area contributed by atoms with E-state index in [2.05, 4.69) is 20.7 Å². The van der Waals surface area contributed by atoms with Gasteiger partial charge in [0, 0.05) is 4.47 Å². The topological polar surface area (TPSA) is 46.2 Å². The van der Waals surface area contributed by atoms with Crippen molar-refractivity contribution in [1.29, 1.82) is 0 Å². The summed E-state index contributed by atoms with van der Waals surface area (Å²) in [5.41, 5.74) is 1.31. The number of rotatable bonds is 3. The van der Waals surface area contributed by atoms with Crippen molar-refractivity contribution < 1.29 is 8.42 Å². The smallest absolute Gasteiger partial charge is 0.261 e. The summed E-state index contributed by atoms with van der Waals surface area (Å²) < 4.78 is 28.0. The van der Waals surface area contributed by atoms with E-state index in [-0.39, 0.29) is 9.92 Å². The van der Waals surface area contributed by atoms with Gasteiger partial charge in [-0.15, -0.1) is 0 Å². The van der Waals surface area contributed by atoms with Crippen molar-refractivity contribution in [2.45, 2.75) is 11.8 Å². The molecule has 0 saturated carbocycles. The van der Waals surface area contributed by atoms with Crippen LogP contribution >= 0.6 is 39.1 Å². The molecule has 2 aromatic rings. The summed E-state index contributed by atoms with van der Waals surface area (Å²) in [5.74, 6) is 0. The molecule has 0 aliphatic rings. The van der Waals surface area contributed by atoms with E-state index in [1.165, 1.54) is 18.2 Å². The van der Waals surface area contributed by atoms with E-state index in [1.54, 1.807) is 12.1 Å². The van der Waals surface area contributed by atoms with Crippen LogP contribution in [0.1, 0.15) is 5.56 Å². The SMILES string of the molecule is Cc1c(Br)cccc1NS(=O)(=O)c1ccc(Cl)c(Cl)c1. The second-order valence-electron chi connectivity index (χ2n) is 4.09. The molecule has 2 aromatic carbocycles.